The van der Waals surface area contributed by atoms with Crippen LogP contribution in [-0.2, 0) is 14.4 Å². The topological polar surface area (TPSA) is 90.0 Å². The van der Waals surface area contributed by atoms with Crippen molar-refractivity contribution in [3.8, 4) is 0 Å². The number of likely N-dealkylation sites (N-methyl/N-ethyl adjacent to an activating group) is 2. The van der Waals surface area contributed by atoms with Crippen molar-refractivity contribution in [3.05, 3.63) is 11.6 Å². The Morgan fingerprint density at radius 3 is 2.24 bits per heavy atom. The van der Waals surface area contributed by atoms with E-state index < -0.39 is 17.4 Å². The molecule has 3 atom stereocenters. The minimum absolute atomic E-state index is 0.0269. The predicted molar refractivity (Wildman–Crippen MR) is 114 cm³/mol. The first-order valence-corrected chi connectivity index (χ1v) is 10.5. The quantitative estimate of drug-likeness (QED) is 0.631. The highest BCUT2D eigenvalue weighted by molar-refractivity contribution is 5.91. The van der Waals surface area contributed by atoms with E-state index in [1.807, 2.05) is 46.6 Å². The van der Waals surface area contributed by atoms with Gasteiger partial charge in [0.2, 0.25) is 11.8 Å². The summed E-state index contributed by atoms with van der Waals surface area (Å²) in [5.41, 5.74) is -0.287. The molecule has 1 fully saturated rings. The van der Waals surface area contributed by atoms with Crippen LogP contribution in [0.5, 0.6) is 0 Å². The molecule has 0 aliphatic carbocycles. The van der Waals surface area contributed by atoms with E-state index >= 15 is 0 Å². The van der Waals surface area contributed by atoms with Gasteiger partial charge in [-0.3, -0.25) is 14.5 Å². The second-order valence-electron chi connectivity index (χ2n) is 9.64. The Labute approximate surface area is 175 Å². The van der Waals surface area contributed by atoms with Gasteiger partial charge in [0, 0.05) is 12.6 Å². The molecule has 0 radical (unpaired) electrons. The van der Waals surface area contributed by atoms with E-state index in [0.717, 1.165) is 25.8 Å². The van der Waals surface area contributed by atoms with Crippen molar-refractivity contribution in [1.82, 2.24) is 15.1 Å². The number of likely N-dealkylation sites (tertiary alicyclic amines) is 1. The molecule has 7 nitrogen and oxygen atoms in total. The van der Waals surface area contributed by atoms with Gasteiger partial charge in [0.1, 0.15) is 6.04 Å². The average Bonchev–Trinajstić information content (AvgIpc) is 2.61. The van der Waals surface area contributed by atoms with Crippen LogP contribution in [0.15, 0.2) is 11.6 Å². The molecule has 2 amide bonds. The number of carbonyl (C=O) groups is 3. The number of rotatable bonds is 7. The molecular formula is C22H39N3O4. The van der Waals surface area contributed by atoms with Crippen LogP contribution < -0.4 is 5.32 Å². The van der Waals surface area contributed by atoms with Crippen molar-refractivity contribution in [2.75, 3.05) is 20.6 Å². The van der Waals surface area contributed by atoms with Crippen molar-refractivity contribution in [3.63, 3.8) is 0 Å². The Bertz CT molecular complexity index is 636. The highest BCUT2D eigenvalue weighted by Gasteiger charge is 2.39. The summed E-state index contributed by atoms with van der Waals surface area (Å²) in [6, 6.07) is -1.30. The van der Waals surface area contributed by atoms with Gasteiger partial charge in [-0.05, 0) is 44.7 Å². The van der Waals surface area contributed by atoms with Gasteiger partial charge < -0.3 is 15.3 Å². The van der Waals surface area contributed by atoms with E-state index in [1.165, 1.54) is 6.92 Å². The SMILES string of the molecule is C/C(=C\[C@H](C(C)C)N(C)C(=O)[C@@H](NC(=O)C1CCCCN1C)C(C)(C)C)C(=O)O. The number of aliphatic carboxylic acids is 1. The van der Waals surface area contributed by atoms with Crippen molar-refractivity contribution in [1.29, 1.82) is 0 Å². The molecule has 29 heavy (non-hydrogen) atoms. The lowest BCUT2D eigenvalue weighted by atomic mass is 9.84. The highest BCUT2D eigenvalue weighted by atomic mass is 16.4. The zero-order valence-corrected chi connectivity index (χ0v) is 19.3. The lowest BCUT2D eigenvalue weighted by Gasteiger charge is -2.39. The molecule has 0 saturated carbocycles. The van der Waals surface area contributed by atoms with Gasteiger partial charge in [-0.1, -0.05) is 47.1 Å². The average molecular weight is 410 g/mol. The third kappa shape index (κ3) is 6.84. The van der Waals surface area contributed by atoms with Gasteiger partial charge in [0.25, 0.3) is 0 Å². The van der Waals surface area contributed by atoms with E-state index in [4.69, 9.17) is 0 Å². The first kappa shape index (κ1) is 25.1. The maximum atomic E-state index is 13.4. The largest absolute Gasteiger partial charge is 0.478 e. The minimum atomic E-state index is -1.00. The fraction of sp³-hybridized carbons (Fsp3) is 0.773. The number of hydrogen-bond acceptors (Lipinski definition) is 4. The molecule has 0 aromatic rings. The summed E-state index contributed by atoms with van der Waals surface area (Å²) in [7, 11) is 3.62. The van der Waals surface area contributed by atoms with Gasteiger partial charge >= 0.3 is 5.97 Å². The Morgan fingerprint density at radius 2 is 1.79 bits per heavy atom. The van der Waals surface area contributed by atoms with Gasteiger partial charge in [-0.25, -0.2) is 4.79 Å². The molecule has 2 N–H and O–H groups in total. The number of piperidine rings is 1. The molecule has 0 spiro atoms. The molecule has 7 heteroatoms. The summed E-state index contributed by atoms with van der Waals surface area (Å²) in [4.78, 5) is 41.2. The summed E-state index contributed by atoms with van der Waals surface area (Å²) in [5.74, 6) is -1.30. The number of nitrogens with zero attached hydrogens (tertiary/aromatic N) is 2. The molecule has 0 aromatic carbocycles. The molecule has 1 aliphatic heterocycles. The van der Waals surface area contributed by atoms with Crippen molar-refractivity contribution < 1.29 is 19.5 Å². The molecule has 1 aliphatic rings. The molecule has 166 valence electrons. The predicted octanol–water partition coefficient (Wildman–Crippen LogP) is 2.52. The maximum absolute atomic E-state index is 13.4. The van der Waals surface area contributed by atoms with Crippen LogP contribution in [0.1, 0.15) is 60.8 Å². The summed E-state index contributed by atoms with van der Waals surface area (Å²) in [6.45, 7) is 12.1. The van der Waals surface area contributed by atoms with Crippen LogP contribution in [0.4, 0.5) is 0 Å². The van der Waals surface area contributed by atoms with Crippen LogP contribution in [0.25, 0.3) is 0 Å². The minimum Gasteiger partial charge on any atom is -0.478 e. The first-order chi connectivity index (χ1) is 13.3. The van der Waals surface area contributed by atoms with Crippen LogP contribution in [0, 0.1) is 11.3 Å². The number of nitrogens with one attached hydrogen (secondary N) is 1. The van der Waals surface area contributed by atoms with E-state index in [-0.39, 0.29) is 35.4 Å². The third-order valence-electron chi connectivity index (χ3n) is 5.71. The van der Waals surface area contributed by atoms with E-state index in [1.54, 1.807) is 18.0 Å². The second-order valence-corrected chi connectivity index (χ2v) is 9.64. The molecule has 0 bridgehead atoms. The van der Waals surface area contributed by atoms with E-state index in [0.29, 0.717) is 0 Å². The van der Waals surface area contributed by atoms with E-state index in [9.17, 15) is 19.5 Å². The monoisotopic (exact) mass is 409 g/mol. The molecule has 1 saturated heterocycles. The molecule has 1 rings (SSSR count). The summed E-state index contributed by atoms with van der Waals surface area (Å²) in [5, 5.41) is 12.2. The van der Waals surface area contributed by atoms with Crippen molar-refractivity contribution in [2.45, 2.75) is 78.9 Å². The zero-order valence-electron chi connectivity index (χ0n) is 19.3. The summed E-state index contributed by atoms with van der Waals surface area (Å²) in [6.07, 6.45) is 4.49. The highest BCUT2D eigenvalue weighted by Crippen LogP contribution is 2.25. The second kappa shape index (κ2) is 10.2. The van der Waals surface area contributed by atoms with Crippen molar-refractivity contribution in [2.24, 2.45) is 11.3 Å². The summed E-state index contributed by atoms with van der Waals surface area (Å²) >= 11 is 0. The van der Waals surface area contributed by atoms with Crippen LogP contribution in [-0.4, -0.2) is 71.5 Å². The van der Waals surface area contributed by atoms with Crippen LogP contribution >= 0.6 is 0 Å². The number of carboxylic acid groups (broad SMARTS) is 1. The molecular weight excluding hydrogens is 370 g/mol. The third-order valence-corrected chi connectivity index (χ3v) is 5.71. The number of carbonyl (C=O) groups excluding carboxylic acids is 2. The number of hydrogen-bond donors (Lipinski definition) is 2. The normalized spacial score (nSPS) is 20.9. The van der Waals surface area contributed by atoms with Gasteiger partial charge in [0.15, 0.2) is 0 Å². The van der Waals surface area contributed by atoms with Gasteiger partial charge in [0.05, 0.1) is 12.1 Å². The summed E-state index contributed by atoms with van der Waals surface area (Å²) < 4.78 is 0. The molecule has 1 heterocycles. The lowest BCUT2D eigenvalue weighted by molar-refractivity contribution is -0.141. The van der Waals surface area contributed by atoms with Crippen LogP contribution in [0.2, 0.25) is 0 Å². The first-order valence-electron chi connectivity index (χ1n) is 10.5. The van der Waals surface area contributed by atoms with Crippen LogP contribution in [0.3, 0.4) is 0 Å². The zero-order chi connectivity index (χ0) is 22.5. The number of amides is 2. The smallest absolute Gasteiger partial charge is 0.331 e. The fourth-order valence-electron chi connectivity index (χ4n) is 3.72. The Kier molecular flexibility index (Phi) is 8.87. The fourth-order valence-corrected chi connectivity index (χ4v) is 3.72. The Morgan fingerprint density at radius 1 is 1.21 bits per heavy atom. The maximum Gasteiger partial charge on any atom is 0.331 e. The Balaban J connectivity index is 3.10. The standard InChI is InChI=1S/C22H39N3O4/c1-14(2)17(13-15(3)21(28)29)25(8)20(27)18(22(4,5)6)23-19(26)16-11-9-10-12-24(16)7/h13-14,16-18H,9-12H2,1-8H3,(H,23,26)(H,28,29)/b15-13+/t16?,17-,18-/m1/s1. The van der Waals surface area contributed by atoms with E-state index in [2.05, 4.69) is 5.32 Å². The van der Waals surface area contributed by atoms with Gasteiger partial charge in [-0.2, -0.15) is 0 Å². The lowest BCUT2D eigenvalue weighted by Crippen LogP contribution is -2.59. The molecule has 0 aromatic heterocycles. The Hall–Kier alpha value is -1.89. The number of carboxylic acids is 1. The van der Waals surface area contributed by atoms with Gasteiger partial charge in [-0.15, -0.1) is 0 Å². The van der Waals surface area contributed by atoms with Crippen molar-refractivity contribution >= 4 is 17.8 Å². The molecule has 1 unspecified atom stereocenters.